The molecule has 3 nitrogen and oxygen atoms in total. The molecule has 0 N–H and O–H groups in total. The van der Waals surface area contributed by atoms with Crippen molar-refractivity contribution in [1.82, 2.24) is 9.13 Å². The van der Waals surface area contributed by atoms with Crippen molar-refractivity contribution in [1.29, 1.82) is 0 Å². The predicted molar refractivity (Wildman–Crippen MR) is 305 cm³/mol. The minimum Gasteiger partial charge on any atom is -0.309 e. The molecule has 0 saturated carbocycles. The van der Waals surface area contributed by atoms with E-state index in [2.05, 4.69) is 260 Å². The van der Waals surface area contributed by atoms with Crippen LogP contribution in [0.3, 0.4) is 0 Å². The lowest BCUT2D eigenvalue weighted by molar-refractivity contribution is 0.103. The van der Waals surface area contributed by atoms with Gasteiger partial charge in [-0.25, -0.2) is 0 Å². The van der Waals surface area contributed by atoms with Crippen LogP contribution in [0, 0.1) is 0 Å². The van der Waals surface area contributed by atoms with Gasteiger partial charge in [0.15, 0.2) is 5.78 Å². The molecule has 348 valence electrons. The summed E-state index contributed by atoms with van der Waals surface area (Å²) < 4.78 is 4.84. The monoisotopic (exact) mass is 944 g/mol. The Bertz CT molecular complexity index is 4420. The number of hydrogen-bond donors (Lipinski definition) is 0. The van der Waals surface area contributed by atoms with E-state index >= 15 is 0 Å². The van der Waals surface area contributed by atoms with Gasteiger partial charge in [0.2, 0.25) is 0 Å². The van der Waals surface area contributed by atoms with Crippen LogP contribution in [0.1, 0.15) is 63.1 Å². The van der Waals surface area contributed by atoms with Gasteiger partial charge in [-0.2, -0.15) is 0 Å². The lowest BCUT2D eigenvalue weighted by Crippen LogP contribution is -2.30. The summed E-state index contributed by atoms with van der Waals surface area (Å²) in [6.07, 6.45) is 0. The third-order valence-electron chi connectivity index (χ3n) is 16.6. The van der Waals surface area contributed by atoms with Gasteiger partial charge in [-0.05, 0) is 133 Å². The van der Waals surface area contributed by atoms with Crippen LogP contribution in [0.25, 0.3) is 88.4 Å². The molecule has 13 aromatic rings. The normalized spacial score (nSPS) is 14.1. The molecule has 2 heterocycles. The van der Waals surface area contributed by atoms with E-state index in [1.807, 2.05) is 18.2 Å². The average molecular weight is 945 g/mol. The Hall–Kier alpha value is -9.31. The van der Waals surface area contributed by atoms with Crippen molar-refractivity contribution in [3.8, 4) is 44.8 Å². The molecule has 0 bridgehead atoms. The summed E-state index contributed by atoms with van der Waals surface area (Å²) in [5, 5.41) is 4.90. The third-order valence-corrected chi connectivity index (χ3v) is 16.6. The predicted octanol–water partition coefficient (Wildman–Crippen LogP) is 17.4. The SMILES string of the molecule is CC1(C)c2ccccc2C(=O)c2cc(-c3ccc4c(c3)-c3ccc(-c5ccc6c7ccccc7n(-c7ccc8c(c7)c7ccccc7n8-c7ccccc7)c6c5)cc3C4(c3ccccc3)c3ccccc3)ccc21. The van der Waals surface area contributed by atoms with Crippen LogP contribution < -0.4 is 0 Å². The summed E-state index contributed by atoms with van der Waals surface area (Å²) in [4.78, 5) is 14.2. The molecular formula is C71H48N2O. The molecule has 0 atom stereocenters. The minimum atomic E-state index is -0.603. The quantitative estimate of drug-likeness (QED) is 0.163. The largest absolute Gasteiger partial charge is 0.309 e. The highest BCUT2D eigenvalue weighted by Gasteiger charge is 2.46. The van der Waals surface area contributed by atoms with Crippen molar-refractivity contribution in [2.75, 3.05) is 0 Å². The van der Waals surface area contributed by atoms with Crippen molar-refractivity contribution in [2.45, 2.75) is 24.7 Å². The van der Waals surface area contributed by atoms with Crippen LogP contribution in [-0.4, -0.2) is 14.9 Å². The van der Waals surface area contributed by atoms with Gasteiger partial charge in [0.25, 0.3) is 0 Å². The fourth-order valence-electron chi connectivity index (χ4n) is 13.2. The number of fused-ring (bicyclic) bond motifs is 11. The summed E-state index contributed by atoms with van der Waals surface area (Å²) in [6, 6.07) is 93.1. The zero-order chi connectivity index (χ0) is 49.3. The Labute approximate surface area is 429 Å². The molecular weight excluding hydrogens is 897 g/mol. The number of rotatable bonds is 6. The second-order valence-corrected chi connectivity index (χ2v) is 20.7. The second kappa shape index (κ2) is 15.8. The van der Waals surface area contributed by atoms with E-state index in [4.69, 9.17) is 0 Å². The fourth-order valence-corrected chi connectivity index (χ4v) is 13.2. The Kier molecular flexibility index (Phi) is 9.07. The van der Waals surface area contributed by atoms with E-state index in [-0.39, 0.29) is 11.2 Å². The summed E-state index contributed by atoms with van der Waals surface area (Å²) in [5.41, 5.74) is 21.6. The lowest BCUT2D eigenvalue weighted by atomic mass is 9.67. The topological polar surface area (TPSA) is 26.9 Å². The first kappa shape index (κ1) is 42.4. The highest BCUT2D eigenvalue weighted by atomic mass is 16.1. The zero-order valence-corrected chi connectivity index (χ0v) is 41.1. The minimum absolute atomic E-state index is 0.0924. The molecule has 0 spiro atoms. The number of ketones is 1. The first-order valence-corrected chi connectivity index (χ1v) is 25.7. The van der Waals surface area contributed by atoms with Gasteiger partial charge in [0.1, 0.15) is 0 Å². The molecule has 0 fully saturated rings. The van der Waals surface area contributed by atoms with E-state index in [9.17, 15) is 4.79 Å². The fraction of sp³-hybridized carbons (Fsp3) is 0.0563. The van der Waals surface area contributed by atoms with Gasteiger partial charge in [-0.15, -0.1) is 0 Å². The van der Waals surface area contributed by atoms with Gasteiger partial charge < -0.3 is 9.13 Å². The summed E-state index contributed by atoms with van der Waals surface area (Å²) in [5.74, 6) is 0.0924. The van der Waals surface area contributed by atoms with E-state index in [0.29, 0.717) is 0 Å². The highest BCUT2D eigenvalue weighted by molar-refractivity contribution is 6.15. The molecule has 2 aliphatic carbocycles. The summed E-state index contributed by atoms with van der Waals surface area (Å²) >= 11 is 0. The molecule has 0 unspecified atom stereocenters. The maximum atomic E-state index is 14.2. The van der Waals surface area contributed by atoms with Crippen molar-refractivity contribution < 1.29 is 4.79 Å². The van der Waals surface area contributed by atoms with E-state index in [0.717, 1.165) is 61.4 Å². The molecule has 2 aromatic heterocycles. The molecule has 0 saturated heterocycles. The highest BCUT2D eigenvalue weighted by Crippen LogP contribution is 2.58. The number of carbonyl (C=O) groups excluding carboxylic acids is 1. The molecule has 74 heavy (non-hydrogen) atoms. The van der Waals surface area contributed by atoms with E-state index in [1.165, 1.54) is 71.5 Å². The number of nitrogens with zero attached hydrogens (tertiary/aromatic N) is 2. The molecule has 11 aromatic carbocycles. The first-order valence-electron chi connectivity index (χ1n) is 25.7. The van der Waals surface area contributed by atoms with Crippen molar-refractivity contribution in [2.24, 2.45) is 0 Å². The maximum absolute atomic E-state index is 14.2. The molecule has 0 aliphatic heterocycles. The molecule has 0 amide bonds. The molecule has 3 heteroatoms. The third kappa shape index (κ3) is 5.92. The van der Waals surface area contributed by atoms with Crippen molar-refractivity contribution in [3.63, 3.8) is 0 Å². The standard InChI is InChI=1S/C71H48N2O/c1-70(2)61-27-15-12-26-57(61)69(74)60-41-46(32-37-62(60)70)45-33-38-63-58(40-45)53-35-30-47(42-64(53)71(63,49-18-6-3-7-19-49)50-20-8-4-9-21-50)48-31-36-56-54-24-13-16-28-65(54)73(68(56)43-48)52-34-39-67-59(44-52)55-25-14-17-29-66(55)72(67)51-22-10-5-11-23-51/h3-44H,1-2H3. The van der Waals surface area contributed by atoms with Crippen molar-refractivity contribution >= 4 is 49.4 Å². The van der Waals surface area contributed by atoms with Gasteiger partial charge >= 0.3 is 0 Å². The van der Waals surface area contributed by atoms with E-state index < -0.39 is 5.41 Å². The van der Waals surface area contributed by atoms with Crippen LogP contribution in [-0.2, 0) is 10.8 Å². The summed E-state index contributed by atoms with van der Waals surface area (Å²) in [7, 11) is 0. The molecule has 15 rings (SSSR count). The van der Waals surface area contributed by atoms with Crippen LogP contribution >= 0.6 is 0 Å². The Morgan fingerprint density at radius 1 is 0.297 bits per heavy atom. The van der Waals surface area contributed by atoms with Gasteiger partial charge in [0, 0.05) is 49.5 Å². The Morgan fingerprint density at radius 3 is 1.51 bits per heavy atom. The van der Waals surface area contributed by atoms with Crippen LogP contribution in [0.2, 0.25) is 0 Å². The molecule has 2 aliphatic rings. The number of carbonyl (C=O) groups is 1. The van der Waals surface area contributed by atoms with Gasteiger partial charge in [0.05, 0.1) is 27.5 Å². The Morgan fingerprint density at radius 2 is 0.797 bits per heavy atom. The molecule has 0 radical (unpaired) electrons. The average Bonchev–Trinajstić information content (AvgIpc) is 4.11. The number of para-hydroxylation sites is 3. The maximum Gasteiger partial charge on any atom is 0.193 e. The van der Waals surface area contributed by atoms with Crippen molar-refractivity contribution in [3.05, 3.63) is 299 Å². The number of hydrogen-bond acceptors (Lipinski definition) is 1. The van der Waals surface area contributed by atoms with Crippen LogP contribution in [0.4, 0.5) is 0 Å². The first-order chi connectivity index (χ1) is 36.4. The van der Waals surface area contributed by atoms with Crippen LogP contribution in [0.15, 0.2) is 255 Å². The summed E-state index contributed by atoms with van der Waals surface area (Å²) in [6.45, 7) is 4.46. The van der Waals surface area contributed by atoms with Gasteiger partial charge in [-0.1, -0.05) is 202 Å². The van der Waals surface area contributed by atoms with Crippen LogP contribution in [0.5, 0.6) is 0 Å². The lowest BCUT2D eigenvalue weighted by Gasteiger charge is -2.34. The Balaban J connectivity index is 0.917. The zero-order valence-electron chi connectivity index (χ0n) is 41.1. The van der Waals surface area contributed by atoms with E-state index in [1.54, 1.807) is 0 Å². The second-order valence-electron chi connectivity index (χ2n) is 20.7. The number of aromatic nitrogens is 2. The number of benzene rings is 11. The smallest absolute Gasteiger partial charge is 0.193 e. The van der Waals surface area contributed by atoms with Gasteiger partial charge in [-0.3, -0.25) is 4.79 Å².